The number of esters is 1. The van der Waals surface area contributed by atoms with Crippen molar-refractivity contribution < 1.29 is 22.7 Å². The maximum atomic E-state index is 14.4. The monoisotopic (exact) mass is 612 g/mol. The van der Waals surface area contributed by atoms with Crippen LogP contribution in [0.2, 0.25) is 0 Å². The predicted octanol–water partition coefficient (Wildman–Crippen LogP) is 5.18. The third-order valence-electron chi connectivity index (χ3n) is 7.90. The van der Waals surface area contributed by atoms with Crippen LogP contribution in [-0.2, 0) is 37.2 Å². The summed E-state index contributed by atoms with van der Waals surface area (Å²) in [7, 11) is -4.22. The summed E-state index contributed by atoms with van der Waals surface area (Å²) in [5.41, 5.74) is 9.05. The van der Waals surface area contributed by atoms with Crippen LogP contribution in [0.1, 0.15) is 43.4 Å². The molecular formula is C34H36N4O5S. The van der Waals surface area contributed by atoms with Crippen LogP contribution in [0.3, 0.4) is 0 Å². The van der Waals surface area contributed by atoms with Gasteiger partial charge in [0, 0.05) is 29.6 Å². The van der Waals surface area contributed by atoms with Crippen LogP contribution in [-0.4, -0.2) is 45.3 Å². The van der Waals surface area contributed by atoms with Crippen molar-refractivity contribution in [1.82, 2.24) is 0 Å². The third-order valence-corrected chi connectivity index (χ3v) is 9.85. The van der Waals surface area contributed by atoms with E-state index in [4.69, 9.17) is 15.9 Å². The Balaban J connectivity index is 1.47. The van der Waals surface area contributed by atoms with Crippen molar-refractivity contribution >= 4 is 49.9 Å². The number of hydrogen-bond acceptors (Lipinski definition) is 6. The highest BCUT2D eigenvalue weighted by atomic mass is 32.2. The Bertz CT molecular complexity index is 1820. The quantitative estimate of drug-likeness (QED) is 0.144. The van der Waals surface area contributed by atoms with Crippen molar-refractivity contribution in [2.24, 2.45) is 5.73 Å². The maximum Gasteiger partial charge on any atom is 0.329 e. The van der Waals surface area contributed by atoms with Gasteiger partial charge in [0.2, 0.25) is 5.91 Å². The lowest BCUT2D eigenvalue weighted by atomic mass is 9.99. The second-order valence-electron chi connectivity index (χ2n) is 10.8. The van der Waals surface area contributed by atoms with Gasteiger partial charge >= 0.3 is 5.97 Å². The molecule has 228 valence electrons. The molecule has 0 aromatic heterocycles. The molecule has 0 fully saturated rings. The molecule has 0 spiro atoms. The lowest BCUT2D eigenvalue weighted by Crippen LogP contribution is -2.44. The minimum atomic E-state index is -4.22. The molecule has 0 aliphatic carbocycles. The van der Waals surface area contributed by atoms with Crippen molar-refractivity contribution in [2.75, 3.05) is 22.4 Å². The van der Waals surface area contributed by atoms with Gasteiger partial charge in [0.05, 0.1) is 17.2 Å². The number of aryl methyl sites for hydroxylation is 2. The topological polar surface area (TPSA) is 134 Å². The van der Waals surface area contributed by atoms with Crippen LogP contribution in [0.15, 0.2) is 89.8 Å². The smallest absolute Gasteiger partial charge is 0.329 e. The van der Waals surface area contributed by atoms with E-state index in [2.05, 4.69) is 0 Å². The highest BCUT2D eigenvalue weighted by Gasteiger charge is 2.36. The van der Waals surface area contributed by atoms with E-state index in [1.165, 1.54) is 6.92 Å². The number of rotatable bonds is 10. The summed E-state index contributed by atoms with van der Waals surface area (Å²) < 4.78 is 35.1. The molecule has 44 heavy (non-hydrogen) atoms. The summed E-state index contributed by atoms with van der Waals surface area (Å²) in [5.74, 6) is -0.686. The lowest BCUT2D eigenvalue weighted by molar-refractivity contribution is -0.144. The van der Waals surface area contributed by atoms with Crippen LogP contribution in [0.5, 0.6) is 0 Å². The highest BCUT2D eigenvalue weighted by Crippen LogP contribution is 2.36. The number of carbonyl (C=O) groups excluding carboxylic acids is 2. The van der Waals surface area contributed by atoms with Gasteiger partial charge in [-0.1, -0.05) is 60.7 Å². The van der Waals surface area contributed by atoms with Gasteiger partial charge in [0.25, 0.3) is 10.0 Å². The van der Waals surface area contributed by atoms with Gasteiger partial charge in [-0.05, 0) is 73.9 Å². The molecule has 0 radical (unpaired) electrons. The Morgan fingerprint density at radius 1 is 1.02 bits per heavy atom. The summed E-state index contributed by atoms with van der Waals surface area (Å²) in [6.45, 7) is 3.89. The van der Waals surface area contributed by atoms with Crippen LogP contribution in [0.25, 0.3) is 10.8 Å². The molecule has 3 N–H and O–H groups in total. The number of nitrogens with one attached hydrogen (secondary N) is 1. The minimum absolute atomic E-state index is 0.00273. The summed E-state index contributed by atoms with van der Waals surface area (Å²) >= 11 is 0. The Kier molecular flexibility index (Phi) is 9.01. The molecule has 10 heteroatoms. The van der Waals surface area contributed by atoms with Crippen molar-refractivity contribution in [1.29, 1.82) is 5.41 Å². The van der Waals surface area contributed by atoms with E-state index in [9.17, 15) is 18.0 Å². The predicted molar refractivity (Wildman–Crippen MR) is 173 cm³/mol. The Morgan fingerprint density at radius 3 is 2.48 bits per heavy atom. The normalized spacial score (nSPS) is 13.6. The van der Waals surface area contributed by atoms with E-state index < -0.39 is 22.0 Å². The second kappa shape index (κ2) is 12.9. The molecule has 1 amide bonds. The average Bonchev–Trinajstić information content (AvgIpc) is 3.03. The number of anilines is 2. The van der Waals surface area contributed by atoms with Gasteiger partial charge < -0.3 is 15.4 Å². The first-order chi connectivity index (χ1) is 21.1. The van der Waals surface area contributed by atoms with E-state index in [0.29, 0.717) is 42.4 Å². The molecule has 1 aliphatic rings. The number of sulfonamides is 1. The van der Waals surface area contributed by atoms with Crippen LogP contribution < -0.4 is 14.9 Å². The number of nitrogens with zero attached hydrogens (tertiary/aromatic N) is 2. The summed E-state index contributed by atoms with van der Waals surface area (Å²) in [4.78, 5) is 28.2. The number of hydrogen-bond donors (Lipinski definition) is 2. The minimum Gasteiger partial charge on any atom is -0.464 e. The lowest BCUT2D eigenvalue weighted by Gasteiger charge is -2.33. The fourth-order valence-corrected chi connectivity index (χ4v) is 7.49. The average molecular weight is 613 g/mol. The SMILES string of the molecule is CCOC(=O)C(C)N(c1ccc2c(c1)CCCN2C(=O)CCc1ccc(C(=N)N)cc1)S(=O)(=O)c1cccc2ccccc12. The van der Waals surface area contributed by atoms with Gasteiger partial charge in [-0.2, -0.15) is 0 Å². The number of amides is 1. The zero-order chi connectivity index (χ0) is 31.4. The number of carbonyl (C=O) groups is 2. The van der Waals surface area contributed by atoms with Crippen molar-refractivity contribution in [3.8, 4) is 0 Å². The summed E-state index contributed by atoms with van der Waals surface area (Å²) in [5, 5.41) is 8.88. The molecule has 1 unspecified atom stereocenters. The number of ether oxygens (including phenoxy) is 1. The maximum absolute atomic E-state index is 14.4. The molecule has 4 aromatic rings. The molecule has 9 nitrogen and oxygen atoms in total. The Labute approximate surface area is 257 Å². The van der Waals surface area contributed by atoms with Gasteiger partial charge in [-0.15, -0.1) is 0 Å². The zero-order valence-corrected chi connectivity index (χ0v) is 25.6. The van der Waals surface area contributed by atoms with Crippen LogP contribution in [0, 0.1) is 5.41 Å². The second-order valence-corrected chi connectivity index (χ2v) is 12.6. The van der Waals surface area contributed by atoms with Gasteiger partial charge in [0.1, 0.15) is 11.9 Å². The first-order valence-corrected chi connectivity index (χ1v) is 16.1. The Morgan fingerprint density at radius 2 is 1.75 bits per heavy atom. The van der Waals surface area contributed by atoms with Crippen molar-refractivity contribution in [2.45, 2.75) is 50.5 Å². The molecule has 0 saturated carbocycles. The van der Waals surface area contributed by atoms with Gasteiger partial charge in [-0.25, -0.2) is 13.2 Å². The number of nitrogens with two attached hydrogens (primary N) is 1. The number of fused-ring (bicyclic) bond motifs is 2. The number of nitrogen functional groups attached to an aromatic ring is 1. The van der Waals surface area contributed by atoms with Gasteiger partial charge in [-0.3, -0.25) is 14.5 Å². The molecule has 4 aromatic carbocycles. The zero-order valence-electron chi connectivity index (χ0n) is 24.8. The molecule has 0 saturated heterocycles. The highest BCUT2D eigenvalue weighted by molar-refractivity contribution is 7.93. The van der Waals surface area contributed by atoms with E-state index in [-0.39, 0.29) is 23.2 Å². The molecule has 1 heterocycles. The largest absolute Gasteiger partial charge is 0.464 e. The van der Waals surface area contributed by atoms with Crippen molar-refractivity contribution in [3.05, 3.63) is 102 Å². The molecule has 1 atom stereocenters. The molecule has 1 aliphatic heterocycles. The Hall–Kier alpha value is -4.70. The number of benzene rings is 4. The van der Waals surface area contributed by atoms with E-state index in [0.717, 1.165) is 32.9 Å². The first-order valence-electron chi connectivity index (χ1n) is 14.7. The van der Waals surface area contributed by atoms with Gasteiger partial charge in [0.15, 0.2) is 0 Å². The first kappa shape index (κ1) is 30.7. The van der Waals surface area contributed by atoms with E-state index in [1.54, 1.807) is 66.4 Å². The number of amidine groups is 1. The third kappa shape index (κ3) is 6.16. The molecule has 0 bridgehead atoms. The van der Waals surface area contributed by atoms with Crippen molar-refractivity contribution in [3.63, 3.8) is 0 Å². The van der Waals surface area contributed by atoms with E-state index in [1.807, 2.05) is 30.3 Å². The van der Waals surface area contributed by atoms with E-state index >= 15 is 0 Å². The standard InChI is InChI=1S/C34H36N4O5S/c1-3-43-34(40)23(2)38(44(41,42)31-12-6-9-25-8-4-5-11-29(25)31)28-18-19-30-27(22-28)10-7-21-37(30)32(39)20-15-24-13-16-26(17-14-24)33(35)36/h4-6,8-9,11-14,16-19,22-23H,3,7,10,15,20-21H2,1-2H3,(H3,35,36). The fourth-order valence-electron chi connectivity index (χ4n) is 5.67. The van der Waals surface area contributed by atoms with Crippen LogP contribution >= 0.6 is 0 Å². The fraction of sp³-hybridized carbons (Fsp3) is 0.265. The summed E-state index contributed by atoms with van der Waals surface area (Å²) in [6.07, 6.45) is 2.21. The molecule has 5 rings (SSSR count). The summed E-state index contributed by atoms with van der Waals surface area (Å²) in [6, 6.07) is 23.7. The molecular weight excluding hydrogens is 576 g/mol. The van der Waals surface area contributed by atoms with Crippen LogP contribution in [0.4, 0.5) is 11.4 Å².